The summed E-state index contributed by atoms with van der Waals surface area (Å²) in [6, 6.07) is 11.1. The monoisotopic (exact) mass is 355 g/mol. The van der Waals surface area contributed by atoms with E-state index < -0.39 is 10.8 Å². The number of nitrogens with zero attached hydrogens (tertiary/aromatic N) is 2. The van der Waals surface area contributed by atoms with E-state index in [9.17, 15) is 20.0 Å². The fraction of sp³-hybridized carbons (Fsp3) is 0.263. The highest BCUT2D eigenvalue weighted by Gasteiger charge is 2.16. The fourth-order valence-electron chi connectivity index (χ4n) is 2.29. The molecule has 0 heterocycles. The molecule has 0 bridgehead atoms. The number of rotatable bonds is 4. The van der Waals surface area contributed by atoms with Crippen molar-refractivity contribution in [1.82, 2.24) is 5.43 Å². The fourth-order valence-corrected chi connectivity index (χ4v) is 2.29. The molecule has 2 aromatic carbocycles. The Kier molecular flexibility index (Phi) is 5.40. The van der Waals surface area contributed by atoms with E-state index in [-0.39, 0.29) is 22.4 Å². The average molecular weight is 355 g/mol. The van der Waals surface area contributed by atoms with Crippen LogP contribution in [0, 0.1) is 10.1 Å². The van der Waals surface area contributed by atoms with Gasteiger partial charge in [0.25, 0.3) is 11.6 Å². The third-order valence-corrected chi connectivity index (χ3v) is 3.93. The van der Waals surface area contributed by atoms with Gasteiger partial charge in [0.05, 0.1) is 16.2 Å². The molecule has 0 saturated carbocycles. The molecule has 0 atom stereocenters. The molecule has 0 aromatic heterocycles. The molecule has 1 amide bonds. The van der Waals surface area contributed by atoms with Crippen LogP contribution in [-0.2, 0) is 5.41 Å². The lowest BCUT2D eigenvalue weighted by Crippen LogP contribution is -2.19. The summed E-state index contributed by atoms with van der Waals surface area (Å²) in [5.41, 5.74) is 4.45. The van der Waals surface area contributed by atoms with Crippen molar-refractivity contribution in [2.24, 2.45) is 5.10 Å². The molecule has 0 aliphatic carbocycles. The van der Waals surface area contributed by atoms with Crippen molar-refractivity contribution in [3.05, 3.63) is 69.3 Å². The first kappa shape index (κ1) is 19.1. The number of non-ortho nitro benzene ring substituents is 1. The molecular formula is C19H21N3O4. The van der Waals surface area contributed by atoms with Crippen LogP contribution in [0.2, 0.25) is 0 Å². The van der Waals surface area contributed by atoms with Crippen LogP contribution in [0.25, 0.3) is 0 Å². The van der Waals surface area contributed by atoms with E-state index in [1.54, 1.807) is 6.92 Å². The first-order chi connectivity index (χ1) is 12.1. The summed E-state index contributed by atoms with van der Waals surface area (Å²) in [5.74, 6) is -1.08. The molecule has 0 aliphatic heterocycles. The van der Waals surface area contributed by atoms with E-state index in [1.165, 1.54) is 5.56 Å². The zero-order chi connectivity index (χ0) is 19.5. The Morgan fingerprint density at radius 3 is 2.31 bits per heavy atom. The van der Waals surface area contributed by atoms with Crippen LogP contribution in [0.3, 0.4) is 0 Å². The first-order valence-corrected chi connectivity index (χ1v) is 8.02. The minimum Gasteiger partial charge on any atom is -0.507 e. The summed E-state index contributed by atoms with van der Waals surface area (Å²) in [6.45, 7) is 8.10. The number of nitrogens with one attached hydrogen (secondary N) is 1. The van der Waals surface area contributed by atoms with Gasteiger partial charge in [-0.1, -0.05) is 45.0 Å². The first-order valence-electron chi connectivity index (χ1n) is 8.02. The van der Waals surface area contributed by atoms with Crippen molar-refractivity contribution < 1.29 is 14.8 Å². The van der Waals surface area contributed by atoms with Crippen molar-refractivity contribution in [1.29, 1.82) is 0 Å². The highest BCUT2D eigenvalue weighted by molar-refractivity contribution is 6.01. The lowest BCUT2D eigenvalue weighted by atomic mass is 9.86. The molecule has 0 aliphatic rings. The number of amides is 1. The predicted molar refractivity (Wildman–Crippen MR) is 99.6 cm³/mol. The second kappa shape index (κ2) is 7.35. The number of carbonyl (C=O) groups excluding carboxylic acids is 1. The van der Waals surface area contributed by atoms with Crippen molar-refractivity contribution in [2.45, 2.75) is 33.1 Å². The average Bonchev–Trinajstić information content (AvgIpc) is 2.58. The van der Waals surface area contributed by atoms with Gasteiger partial charge in [0, 0.05) is 12.1 Å². The van der Waals surface area contributed by atoms with E-state index >= 15 is 0 Å². The van der Waals surface area contributed by atoms with E-state index in [2.05, 4.69) is 31.3 Å². The molecule has 7 nitrogen and oxygen atoms in total. The van der Waals surface area contributed by atoms with Crippen LogP contribution >= 0.6 is 0 Å². The highest BCUT2D eigenvalue weighted by Crippen LogP contribution is 2.23. The molecule has 136 valence electrons. The van der Waals surface area contributed by atoms with Gasteiger partial charge in [-0.25, -0.2) is 5.43 Å². The summed E-state index contributed by atoms with van der Waals surface area (Å²) in [6.07, 6.45) is 0. The van der Waals surface area contributed by atoms with Crippen molar-refractivity contribution in [3.8, 4) is 5.75 Å². The molecule has 0 unspecified atom stereocenters. The molecule has 0 spiro atoms. The molecular weight excluding hydrogens is 334 g/mol. The topological polar surface area (TPSA) is 105 Å². The Morgan fingerprint density at radius 2 is 1.77 bits per heavy atom. The standard InChI is InChI=1S/C19H21N3O4/c1-12(13-5-7-14(8-6-13)19(2,3)4)20-21-18(24)16-11-15(22(25)26)9-10-17(16)23/h5-11,23H,1-4H3,(H,21,24)/b20-12-. The maximum absolute atomic E-state index is 12.2. The van der Waals surface area contributed by atoms with Crippen LogP contribution < -0.4 is 5.43 Å². The van der Waals surface area contributed by atoms with E-state index in [0.29, 0.717) is 5.71 Å². The Hall–Kier alpha value is -3.22. The quantitative estimate of drug-likeness (QED) is 0.495. The van der Waals surface area contributed by atoms with Crippen LogP contribution in [0.4, 0.5) is 5.69 Å². The SMILES string of the molecule is C/C(=N/NC(=O)c1cc([N+](=O)[O-])ccc1O)c1ccc(C(C)(C)C)cc1. The molecule has 0 radical (unpaired) electrons. The van der Waals surface area contributed by atoms with Gasteiger partial charge in [-0.05, 0) is 29.5 Å². The minimum atomic E-state index is -0.725. The molecule has 2 rings (SSSR count). The number of aromatic hydroxyl groups is 1. The number of phenolic OH excluding ortho intramolecular Hbond substituents is 1. The van der Waals surface area contributed by atoms with Gasteiger partial charge >= 0.3 is 0 Å². The van der Waals surface area contributed by atoms with Crippen molar-refractivity contribution in [3.63, 3.8) is 0 Å². The van der Waals surface area contributed by atoms with Gasteiger partial charge in [0.15, 0.2) is 0 Å². The van der Waals surface area contributed by atoms with Gasteiger partial charge < -0.3 is 5.11 Å². The molecule has 0 saturated heterocycles. The van der Waals surface area contributed by atoms with Crippen molar-refractivity contribution >= 4 is 17.3 Å². The maximum Gasteiger partial charge on any atom is 0.275 e. The molecule has 0 fully saturated rings. The Morgan fingerprint density at radius 1 is 1.15 bits per heavy atom. The summed E-state index contributed by atoms with van der Waals surface area (Å²) in [5, 5.41) is 24.6. The Balaban J connectivity index is 2.17. The zero-order valence-electron chi connectivity index (χ0n) is 15.1. The number of benzene rings is 2. The van der Waals surface area contributed by atoms with E-state index in [4.69, 9.17) is 0 Å². The zero-order valence-corrected chi connectivity index (χ0v) is 15.1. The van der Waals surface area contributed by atoms with Crippen LogP contribution in [0.5, 0.6) is 5.75 Å². The lowest BCUT2D eigenvalue weighted by molar-refractivity contribution is -0.384. The summed E-state index contributed by atoms with van der Waals surface area (Å²) < 4.78 is 0. The number of nitro groups is 1. The van der Waals surface area contributed by atoms with Gasteiger partial charge in [-0.2, -0.15) is 5.10 Å². The number of phenols is 1. The Labute approximate surface area is 151 Å². The number of carbonyl (C=O) groups is 1. The second-order valence-corrected chi connectivity index (χ2v) is 6.92. The number of hydrazone groups is 1. The third-order valence-electron chi connectivity index (χ3n) is 3.93. The number of nitro benzene ring substituents is 1. The summed E-state index contributed by atoms with van der Waals surface area (Å²) in [7, 11) is 0. The van der Waals surface area contributed by atoms with Crippen LogP contribution in [-0.4, -0.2) is 21.6 Å². The third kappa shape index (κ3) is 4.44. The maximum atomic E-state index is 12.2. The van der Waals surface area contributed by atoms with E-state index in [1.807, 2.05) is 24.3 Å². The lowest BCUT2D eigenvalue weighted by Gasteiger charge is -2.19. The van der Waals surface area contributed by atoms with Crippen LogP contribution in [0.15, 0.2) is 47.6 Å². The number of hydrogen-bond acceptors (Lipinski definition) is 5. The smallest absolute Gasteiger partial charge is 0.275 e. The van der Waals surface area contributed by atoms with E-state index in [0.717, 1.165) is 23.8 Å². The largest absolute Gasteiger partial charge is 0.507 e. The van der Waals surface area contributed by atoms with Gasteiger partial charge in [0.2, 0.25) is 0 Å². The van der Waals surface area contributed by atoms with Crippen LogP contribution in [0.1, 0.15) is 49.2 Å². The summed E-state index contributed by atoms with van der Waals surface area (Å²) in [4.78, 5) is 22.3. The van der Waals surface area contributed by atoms with Gasteiger partial charge in [-0.3, -0.25) is 14.9 Å². The minimum absolute atomic E-state index is 0.0390. The van der Waals surface area contributed by atoms with Gasteiger partial charge in [0.1, 0.15) is 5.75 Å². The number of hydrogen-bond donors (Lipinski definition) is 2. The molecule has 26 heavy (non-hydrogen) atoms. The molecule has 7 heteroatoms. The molecule has 2 N–H and O–H groups in total. The normalized spacial score (nSPS) is 11.9. The Bertz CT molecular complexity index is 865. The predicted octanol–water partition coefficient (Wildman–Crippen LogP) is 3.75. The van der Waals surface area contributed by atoms with Gasteiger partial charge in [-0.15, -0.1) is 0 Å². The van der Waals surface area contributed by atoms with Crippen molar-refractivity contribution in [2.75, 3.05) is 0 Å². The molecule has 2 aromatic rings. The highest BCUT2D eigenvalue weighted by atomic mass is 16.6. The summed E-state index contributed by atoms with van der Waals surface area (Å²) >= 11 is 0. The second-order valence-electron chi connectivity index (χ2n) is 6.92.